The quantitative estimate of drug-likeness (QED) is 0.413. The highest BCUT2D eigenvalue weighted by Crippen LogP contribution is 2.53. The van der Waals surface area contributed by atoms with Crippen molar-refractivity contribution in [3.8, 4) is 5.75 Å². The Hall–Kier alpha value is -3.65. The Bertz CT molecular complexity index is 1150. The Labute approximate surface area is 192 Å². The molecule has 0 aliphatic carbocycles. The number of fused-ring (bicyclic) bond motifs is 2. The van der Waals surface area contributed by atoms with E-state index in [1.165, 1.54) is 9.80 Å². The van der Waals surface area contributed by atoms with Crippen LogP contribution >= 0.6 is 0 Å². The monoisotopic (exact) mass is 449 g/mol. The van der Waals surface area contributed by atoms with E-state index >= 15 is 0 Å². The molecule has 33 heavy (non-hydrogen) atoms. The number of anilines is 1. The van der Waals surface area contributed by atoms with Gasteiger partial charge in [-0.3, -0.25) is 14.4 Å². The second-order valence-electron chi connectivity index (χ2n) is 8.36. The van der Waals surface area contributed by atoms with E-state index in [1.807, 2.05) is 25.9 Å². The number of carbonyl (C=O) groups excluding carboxylic acids is 3. The van der Waals surface area contributed by atoms with Crippen LogP contribution in [0.1, 0.15) is 18.1 Å². The van der Waals surface area contributed by atoms with E-state index in [0.29, 0.717) is 35.7 Å². The zero-order chi connectivity index (χ0) is 23.9. The van der Waals surface area contributed by atoms with Crippen molar-refractivity contribution in [3.63, 3.8) is 0 Å². The Kier molecular flexibility index (Phi) is 5.71. The first-order valence-electron chi connectivity index (χ1n) is 10.8. The molecule has 0 saturated carbocycles. The van der Waals surface area contributed by atoms with Crippen LogP contribution in [0.5, 0.6) is 5.75 Å². The number of benzene rings is 2. The molecular weight excluding hydrogens is 422 g/mol. The Morgan fingerprint density at radius 2 is 1.73 bits per heavy atom. The van der Waals surface area contributed by atoms with Gasteiger partial charge in [-0.2, -0.15) is 0 Å². The summed E-state index contributed by atoms with van der Waals surface area (Å²) in [6.07, 6.45) is 0. The van der Waals surface area contributed by atoms with Gasteiger partial charge in [0.25, 0.3) is 17.6 Å². The number of nitrogens with zero attached hydrogens (tertiary/aromatic N) is 3. The molecule has 0 aromatic heterocycles. The Morgan fingerprint density at radius 1 is 1.06 bits per heavy atom. The lowest BCUT2D eigenvalue weighted by atomic mass is 9.82. The van der Waals surface area contributed by atoms with Crippen LogP contribution in [0.3, 0.4) is 0 Å². The van der Waals surface area contributed by atoms with E-state index in [-0.39, 0.29) is 17.9 Å². The van der Waals surface area contributed by atoms with Gasteiger partial charge in [0.05, 0.1) is 12.2 Å². The minimum Gasteiger partial charge on any atom is -0.507 e. The maximum absolute atomic E-state index is 13.8. The molecule has 2 aromatic rings. The molecule has 1 atom stereocenters. The fourth-order valence-electron chi connectivity index (χ4n) is 4.59. The molecule has 1 saturated heterocycles. The third-order valence-electron chi connectivity index (χ3n) is 6.15. The zero-order valence-electron chi connectivity index (χ0n) is 19.2. The lowest BCUT2D eigenvalue weighted by Crippen LogP contribution is -2.52. The number of ketones is 1. The van der Waals surface area contributed by atoms with Gasteiger partial charge in [-0.25, -0.2) is 0 Å². The van der Waals surface area contributed by atoms with Crippen LogP contribution in [-0.2, 0) is 19.9 Å². The molecule has 2 aliphatic heterocycles. The van der Waals surface area contributed by atoms with E-state index in [4.69, 9.17) is 4.74 Å². The molecule has 1 unspecified atom stereocenters. The average Bonchev–Trinajstić information content (AvgIpc) is 3.16. The van der Waals surface area contributed by atoms with E-state index in [1.54, 1.807) is 55.6 Å². The summed E-state index contributed by atoms with van der Waals surface area (Å²) in [5.41, 5.74) is -0.515. The van der Waals surface area contributed by atoms with Crippen LogP contribution < -0.4 is 9.64 Å². The number of para-hydroxylation sites is 1. The number of likely N-dealkylation sites (N-methyl/N-ethyl adjacent to an activating group) is 2. The number of Topliss-reactive ketones (excluding diaryl/α,β-unsaturated/α-hetero) is 1. The van der Waals surface area contributed by atoms with Gasteiger partial charge in [0.2, 0.25) is 0 Å². The summed E-state index contributed by atoms with van der Waals surface area (Å²) in [5.74, 6) is -1.91. The van der Waals surface area contributed by atoms with E-state index < -0.39 is 23.1 Å². The topological polar surface area (TPSA) is 90.4 Å². The number of likely N-dealkylation sites (tertiary alicyclic amines) is 1. The molecule has 1 N–H and O–H groups in total. The molecule has 0 radical (unpaired) electrons. The van der Waals surface area contributed by atoms with E-state index in [0.717, 1.165) is 0 Å². The first-order chi connectivity index (χ1) is 15.7. The molecule has 0 bridgehead atoms. The van der Waals surface area contributed by atoms with Crippen LogP contribution in [0.15, 0.2) is 54.1 Å². The van der Waals surface area contributed by atoms with Crippen molar-refractivity contribution in [2.75, 3.05) is 45.7 Å². The Morgan fingerprint density at radius 3 is 2.36 bits per heavy atom. The third-order valence-corrected chi connectivity index (χ3v) is 6.15. The number of ether oxygens (including phenoxy) is 1. The summed E-state index contributed by atoms with van der Waals surface area (Å²) >= 11 is 0. The van der Waals surface area contributed by atoms with Crippen LogP contribution in [0.2, 0.25) is 0 Å². The number of carbonyl (C=O) groups is 3. The van der Waals surface area contributed by atoms with Gasteiger partial charge in [0.15, 0.2) is 5.54 Å². The lowest BCUT2D eigenvalue weighted by molar-refractivity contribution is -0.143. The van der Waals surface area contributed by atoms with Gasteiger partial charge in [-0.1, -0.05) is 18.2 Å². The van der Waals surface area contributed by atoms with Crippen molar-refractivity contribution in [2.45, 2.75) is 12.5 Å². The highest BCUT2D eigenvalue weighted by atomic mass is 16.5. The highest BCUT2D eigenvalue weighted by Gasteiger charge is 2.66. The van der Waals surface area contributed by atoms with Crippen LogP contribution in [0.4, 0.5) is 5.69 Å². The van der Waals surface area contributed by atoms with Crippen molar-refractivity contribution < 1.29 is 24.2 Å². The number of amides is 2. The molecule has 2 heterocycles. The average molecular weight is 450 g/mol. The van der Waals surface area contributed by atoms with Crippen molar-refractivity contribution in [1.82, 2.24) is 9.80 Å². The molecule has 1 fully saturated rings. The molecule has 172 valence electrons. The smallest absolute Gasteiger partial charge is 0.296 e. The third kappa shape index (κ3) is 3.29. The highest BCUT2D eigenvalue weighted by molar-refractivity contribution is 6.50. The zero-order valence-corrected chi connectivity index (χ0v) is 19.2. The van der Waals surface area contributed by atoms with Gasteiger partial charge in [-0.15, -0.1) is 0 Å². The number of aliphatic hydroxyl groups is 1. The molecule has 2 aliphatic rings. The SMILES string of the molecule is CCOc1ccc(C(O)=C2C(=O)C(=O)N(CCN(C)C)C23C(=O)N(C)c2ccccc23)cc1. The number of aliphatic hydroxyl groups excluding tert-OH is 1. The summed E-state index contributed by atoms with van der Waals surface area (Å²) in [6.45, 7) is 2.94. The van der Waals surface area contributed by atoms with Crippen molar-refractivity contribution in [1.29, 1.82) is 0 Å². The second kappa shape index (κ2) is 8.37. The molecule has 8 nitrogen and oxygen atoms in total. The fraction of sp³-hybridized carbons (Fsp3) is 0.320. The molecular formula is C25H27N3O5. The minimum atomic E-state index is -1.72. The minimum absolute atomic E-state index is 0.144. The van der Waals surface area contributed by atoms with Gasteiger partial charge in [0.1, 0.15) is 11.5 Å². The molecule has 2 aromatic carbocycles. The number of hydrogen-bond acceptors (Lipinski definition) is 6. The maximum atomic E-state index is 13.8. The van der Waals surface area contributed by atoms with E-state index in [2.05, 4.69) is 0 Å². The van der Waals surface area contributed by atoms with Crippen molar-refractivity contribution in [2.24, 2.45) is 0 Å². The number of hydrogen-bond donors (Lipinski definition) is 1. The first kappa shape index (κ1) is 22.5. The first-order valence-corrected chi connectivity index (χ1v) is 10.8. The van der Waals surface area contributed by atoms with Crippen molar-refractivity contribution >= 4 is 29.0 Å². The van der Waals surface area contributed by atoms with Crippen molar-refractivity contribution in [3.05, 3.63) is 65.2 Å². The predicted molar refractivity (Wildman–Crippen MR) is 124 cm³/mol. The summed E-state index contributed by atoms with van der Waals surface area (Å²) in [5, 5.41) is 11.3. The Balaban J connectivity index is 1.97. The van der Waals surface area contributed by atoms with Crippen LogP contribution in [0.25, 0.3) is 5.76 Å². The van der Waals surface area contributed by atoms with Crippen LogP contribution in [0, 0.1) is 0 Å². The predicted octanol–water partition coefficient (Wildman–Crippen LogP) is 2.20. The van der Waals surface area contributed by atoms with Gasteiger partial charge >= 0.3 is 0 Å². The van der Waals surface area contributed by atoms with Gasteiger partial charge < -0.3 is 24.5 Å². The van der Waals surface area contributed by atoms with E-state index in [9.17, 15) is 19.5 Å². The lowest BCUT2D eigenvalue weighted by Gasteiger charge is -2.34. The fourth-order valence-corrected chi connectivity index (χ4v) is 4.59. The van der Waals surface area contributed by atoms with Crippen LogP contribution in [-0.4, -0.2) is 73.3 Å². The molecule has 2 amide bonds. The summed E-state index contributed by atoms with van der Waals surface area (Å²) < 4.78 is 5.45. The standard InChI is InChI=1S/C25H27N3O5/c1-5-33-17-12-10-16(11-13-17)21(29)20-22(30)23(31)28(15-14-26(2)3)25(20)18-8-6-7-9-19(18)27(4)24(25)32/h6-13,29H,5,14-15H2,1-4H3. The normalized spacial score (nSPS) is 21.4. The molecule has 4 rings (SSSR count). The largest absolute Gasteiger partial charge is 0.507 e. The molecule has 8 heteroatoms. The second-order valence-corrected chi connectivity index (χ2v) is 8.36. The molecule has 1 spiro atoms. The maximum Gasteiger partial charge on any atom is 0.296 e. The summed E-state index contributed by atoms with van der Waals surface area (Å²) in [6, 6.07) is 13.6. The van der Waals surface area contributed by atoms with Gasteiger partial charge in [0, 0.05) is 37.0 Å². The summed E-state index contributed by atoms with van der Waals surface area (Å²) in [4.78, 5) is 45.0. The summed E-state index contributed by atoms with van der Waals surface area (Å²) in [7, 11) is 5.30. The van der Waals surface area contributed by atoms with Gasteiger partial charge in [-0.05, 0) is 51.4 Å². The number of rotatable bonds is 6.